The van der Waals surface area contributed by atoms with Gasteiger partial charge in [0.05, 0.1) is 17.8 Å². The zero-order chi connectivity index (χ0) is 22.6. The summed E-state index contributed by atoms with van der Waals surface area (Å²) in [6.07, 6.45) is 11.2. The van der Waals surface area contributed by atoms with Gasteiger partial charge in [-0.05, 0) is 37.8 Å². The van der Waals surface area contributed by atoms with Gasteiger partial charge in [-0.1, -0.05) is 37.5 Å². The van der Waals surface area contributed by atoms with Crippen molar-refractivity contribution in [2.24, 2.45) is 5.92 Å². The Morgan fingerprint density at radius 2 is 1.85 bits per heavy atom. The monoisotopic (exact) mass is 463 g/mol. The van der Waals surface area contributed by atoms with E-state index in [1.54, 1.807) is 15.8 Å². The van der Waals surface area contributed by atoms with Gasteiger partial charge in [0.25, 0.3) is 5.91 Å². The third kappa shape index (κ3) is 5.00. The SMILES string of the molecule is O=C(NC1CCCCC1)C1CCCN(C(=O)c2csc(-c3cnn(-c4ccccc4)c3)n2)C1. The summed E-state index contributed by atoms with van der Waals surface area (Å²) in [7, 11) is 0. The van der Waals surface area contributed by atoms with Crippen molar-refractivity contribution in [3.05, 3.63) is 53.8 Å². The molecule has 3 heterocycles. The number of benzene rings is 1. The summed E-state index contributed by atoms with van der Waals surface area (Å²) in [5, 5.41) is 10.2. The minimum atomic E-state index is -0.133. The Labute approximate surface area is 197 Å². The predicted octanol–water partition coefficient (Wildman–Crippen LogP) is 4.30. The molecular formula is C25H29N5O2S. The number of amides is 2. The van der Waals surface area contributed by atoms with Crippen molar-refractivity contribution < 1.29 is 9.59 Å². The fourth-order valence-corrected chi connectivity index (χ4v) is 5.53. The van der Waals surface area contributed by atoms with Gasteiger partial charge >= 0.3 is 0 Å². The van der Waals surface area contributed by atoms with E-state index in [9.17, 15) is 9.59 Å². The summed E-state index contributed by atoms with van der Waals surface area (Å²) in [5.74, 6) is -0.123. The van der Waals surface area contributed by atoms with E-state index >= 15 is 0 Å². The summed E-state index contributed by atoms with van der Waals surface area (Å²) >= 11 is 1.44. The van der Waals surface area contributed by atoms with E-state index in [-0.39, 0.29) is 17.7 Å². The Bertz CT molecular complexity index is 1100. The van der Waals surface area contributed by atoms with Crippen LogP contribution in [0, 0.1) is 5.92 Å². The summed E-state index contributed by atoms with van der Waals surface area (Å²) < 4.78 is 1.80. The molecule has 1 aliphatic carbocycles. The first-order chi connectivity index (χ1) is 16.2. The molecule has 1 saturated carbocycles. The standard InChI is InChI=1S/C25H29N5O2S/c31-23(27-20-9-3-1-4-10-20)18-8-7-13-29(15-18)25(32)22-17-33-24(28-22)19-14-26-30(16-19)21-11-5-2-6-12-21/h2,5-6,11-12,14,16-18,20H,1,3-4,7-10,13,15H2,(H,27,31). The molecule has 2 aliphatic rings. The Hall–Kier alpha value is -3.00. The van der Waals surface area contributed by atoms with Gasteiger partial charge in [0, 0.05) is 36.3 Å². The largest absolute Gasteiger partial charge is 0.353 e. The summed E-state index contributed by atoms with van der Waals surface area (Å²) in [4.78, 5) is 32.3. The zero-order valence-corrected chi connectivity index (χ0v) is 19.5. The maximum Gasteiger partial charge on any atom is 0.273 e. The second kappa shape index (κ2) is 9.87. The van der Waals surface area contributed by atoms with Crippen molar-refractivity contribution in [1.82, 2.24) is 25.0 Å². The summed E-state index contributed by atoms with van der Waals surface area (Å²) in [5.41, 5.74) is 2.30. The number of para-hydroxylation sites is 1. The second-order valence-electron chi connectivity index (χ2n) is 8.98. The molecule has 1 aromatic carbocycles. The molecule has 1 aliphatic heterocycles. The summed E-state index contributed by atoms with van der Waals surface area (Å²) in [6.45, 7) is 1.14. The van der Waals surface area contributed by atoms with Crippen LogP contribution in [0.1, 0.15) is 55.4 Å². The van der Waals surface area contributed by atoms with Gasteiger partial charge < -0.3 is 10.2 Å². The van der Waals surface area contributed by atoms with Crippen LogP contribution in [0.15, 0.2) is 48.1 Å². The molecule has 2 fully saturated rings. The molecule has 0 radical (unpaired) electrons. The number of nitrogens with one attached hydrogen (secondary N) is 1. The van der Waals surface area contributed by atoms with Crippen LogP contribution in [0.25, 0.3) is 16.3 Å². The minimum Gasteiger partial charge on any atom is -0.353 e. The third-order valence-electron chi connectivity index (χ3n) is 6.60. The van der Waals surface area contributed by atoms with Crippen LogP contribution in [0.4, 0.5) is 0 Å². The second-order valence-corrected chi connectivity index (χ2v) is 9.84. The molecule has 5 rings (SSSR count). The van der Waals surface area contributed by atoms with E-state index in [1.807, 2.05) is 41.9 Å². The first kappa shape index (κ1) is 21.8. The lowest BCUT2D eigenvalue weighted by atomic mass is 9.93. The molecule has 2 aromatic heterocycles. The molecule has 33 heavy (non-hydrogen) atoms. The number of carbonyl (C=O) groups excluding carboxylic acids is 2. The van der Waals surface area contributed by atoms with Crippen LogP contribution in [-0.4, -0.2) is 50.6 Å². The van der Waals surface area contributed by atoms with E-state index in [4.69, 9.17) is 0 Å². The molecule has 1 N–H and O–H groups in total. The molecule has 1 saturated heterocycles. The Kier molecular flexibility index (Phi) is 6.53. The van der Waals surface area contributed by atoms with E-state index < -0.39 is 0 Å². The molecular weight excluding hydrogens is 434 g/mol. The Morgan fingerprint density at radius 3 is 2.67 bits per heavy atom. The zero-order valence-electron chi connectivity index (χ0n) is 18.7. The third-order valence-corrected chi connectivity index (χ3v) is 7.50. The highest BCUT2D eigenvalue weighted by atomic mass is 32.1. The van der Waals surface area contributed by atoms with Crippen LogP contribution in [-0.2, 0) is 4.79 Å². The van der Waals surface area contributed by atoms with Crippen molar-refractivity contribution >= 4 is 23.2 Å². The molecule has 0 spiro atoms. The maximum absolute atomic E-state index is 13.1. The fourth-order valence-electron chi connectivity index (χ4n) is 4.76. The van der Waals surface area contributed by atoms with Crippen LogP contribution in [0.3, 0.4) is 0 Å². The topological polar surface area (TPSA) is 80.1 Å². The molecule has 3 aromatic rings. The number of nitrogens with zero attached hydrogens (tertiary/aromatic N) is 4. The van der Waals surface area contributed by atoms with E-state index in [0.29, 0.717) is 24.8 Å². The van der Waals surface area contributed by atoms with Crippen molar-refractivity contribution in [3.63, 3.8) is 0 Å². The van der Waals surface area contributed by atoms with Crippen molar-refractivity contribution in [2.75, 3.05) is 13.1 Å². The summed E-state index contributed by atoms with van der Waals surface area (Å²) in [6, 6.07) is 10.2. The number of hydrogen-bond donors (Lipinski definition) is 1. The smallest absolute Gasteiger partial charge is 0.273 e. The first-order valence-corrected chi connectivity index (χ1v) is 12.7. The molecule has 0 bridgehead atoms. The van der Waals surface area contributed by atoms with Crippen molar-refractivity contribution in [1.29, 1.82) is 0 Å². The average molecular weight is 464 g/mol. The van der Waals surface area contributed by atoms with Crippen LogP contribution < -0.4 is 5.32 Å². The quantitative estimate of drug-likeness (QED) is 0.612. The Balaban J connectivity index is 1.23. The van der Waals surface area contributed by atoms with Crippen molar-refractivity contribution in [2.45, 2.75) is 51.0 Å². The molecule has 172 valence electrons. The number of likely N-dealkylation sites (tertiary alicyclic amines) is 1. The van der Waals surface area contributed by atoms with Gasteiger partial charge in [-0.2, -0.15) is 5.10 Å². The lowest BCUT2D eigenvalue weighted by molar-refractivity contribution is -0.127. The predicted molar refractivity (Wildman–Crippen MR) is 128 cm³/mol. The number of rotatable bonds is 5. The van der Waals surface area contributed by atoms with Gasteiger partial charge in [0.2, 0.25) is 5.91 Å². The molecule has 1 unspecified atom stereocenters. The number of thiazole rings is 1. The molecule has 7 nitrogen and oxygen atoms in total. The van der Waals surface area contributed by atoms with Gasteiger partial charge in [-0.25, -0.2) is 9.67 Å². The molecule has 8 heteroatoms. The minimum absolute atomic E-state index is 0.0943. The van der Waals surface area contributed by atoms with Crippen LogP contribution in [0.5, 0.6) is 0 Å². The highest BCUT2D eigenvalue weighted by molar-refractivity contribution is 7.13. The van der Waals surface area contributed by atoms with Gasteiger partial charge in [-0.15, -0.1) is 11.3 Å². The lowest BCUT2D eigenvalue weighted by Gasteiger charge is -2.33. The number of piperidine rings is 1. The Morgan fingerprint density at radius 1 is 1.03 bits per heavy atom. The maximum atomic E-state index is 13.1. The number of carbonyl (C=O) groups is 2. The van der Waals surface area contributed by atoms with Gasteiger partial charge in [0.1, 0.15) is 10.7 Å². The molecule has 2 amide bonds. The molecule has 1 atom stereocenters. The average Bonchev–Trinajstić information content (AvgIpc) is 3.55. The van der Waals surface area contributed by atoms with Crippen LogP contribution >= 0.6 is 11.3 Å². The fraction of sp³-hybridized carbons (Fsp3) is 0.440. The van der Waals surface area contributed by atoms with E-state index in [2.05, 4.69) is 15.4 Å². The normalized spacial score (nSPS) is 19.4. The first-order valence-electron chi connectivity index (χ1n) is 11.8. The highest BCUT2D eigenvalue weighted by Gasteiger charge is 2.31. The lowest BCUT2D eigenvalue weighted by Crippen LogP contribution is -2.48. The van der Waals surface area contributed by atoms with Crippen molar-refractivity contribution in [3.8, 4) is 16.3 Å². The number of aromatic nitrogens is 3. The number of hydrogen-bond acceptors (Lipinski definition) is 5. The van der Waals surface area contributed by atoms with Gasteiger partial charge in [0.15, 0.2) is 0 Å². The van der Waals surface area contributed by atoms with E-state index in [1.165, 1.54) is 30.6 Å². The highest BCUT2D eigenvalue weighted by Crippen LogP contribution is 2.26. The van der Waals surface area contributed by atoms with Gasteiger partial charge in [-0.3, -0.25) is 9.59 Å². The van der Waals surface area contributed by atoms with E-state index in [0.717, 1.165) is 41.9 Å². The van der Waals surface area contributed by atoms with Crippen LogP contribution in [0.2, 0.25) is 0 Å².